The van der Waals surface area contributed by atoms with Crippen LogP contribution in [0.5, 0.6) is 0 Å². The zero-order chi connectivity index (χ0) is 7.98. The molecule has 0 aromatic heterocycles. The Morgan fingerprint density at radius 1 is 1.30 bits per heavy atom. The predicted octanol–water partition coefficient (Wildman–Crippen LogP) is 1.66. The van der Waals surface area contributed by atoms with E-state index in [1.807, 2.05) is 0 Å². The molecule has 0 bridgehead atoms. The molecule has 0 saturated heterocycles. The lowest BCUT2D eigenvalue weighted by molar-refractivity contribution is 0.384. The van der Waals surface area contributed by atoms with Crippen molar-refractivity contribution in [3.63, 3.8) is 0 Å². The van der Waals surface area contributed by atoms with E-state index in [-0.39, 0.29) is 0 Å². The van der Waals surface area contributed by atoms with E-state index in [4.69, 9.17) is 5.84 Å². The summed E-state index contributed by atoms with van der Waals surface area (Å²) in [5.74, 6) is 6.12. The number of rotatable bonds is 5. The summed E-state index contributed by atoms with van der Waals surface area (Å²) in [5, 5.41) is 0. The van der Waals surface area contributed by atoms with Gasteiger partial charge in [-0.3, -0.25) is 11.3 Å². The molecule has 2 heteroatoms. The van der Waals surface area contributed by atoms with Crippen molar-refractivity contribution in [3.05, 3.63) is 0 Å². The van der Waals surface area contributed by atoms with Crippen LogP contribution in [0.4, 0.5) is 0 Å². The first kappa shape index (κ1) is 9.92. The molecule has 0 fully saturated rings. The highest BCUT2D eigenvalue weighted by Gasteiger charge is 2.07. The Morgan fingerprint density at radius 2 is 1.80 bits per heavy atom. The minimum absolute atomic E-state index is 0.463. The molecule has 2 nitrogen and oxygen atoms in total. The Morgan fingerprint density at radius 3 is 2.10 bits per heavy atom. The number of hydrazine groups is 1. The quantitative estimate of drug-likeness (QED) is 0.455. The van der Waals surface area contributed by atoms with Crippen LogP contribution in [0.2, 0.25) is 0 Å². The van der Waals surface area contributed by atoms with Crippen LogP contribution in [0.1, 0.15) is 40.0 Å². The number of hydrogen-bond acceptors (Lipinski definition) is 2. The second-order valence-electron chi connectivity index (χ2n) is 2.99. The first-order valence-corrected chi connectivity index (χ1v) is 4.20. The monoisotopic (exact) mass is 144 g/mol. The van der Waals surface area contributed by atoms with Gasteiger partial charge in [-0.1, -0.05) is 26.7 Å². The summed E-state index contributed by atoms with van der Waals surface area (Å²) in [5.41, 5.74) is 2.76. The van der Waals surface area contributed by atoms with Gasteiger partial charge in [-0.2, -0.15) is 0 Å². The molecule has 0 amide bonds. The molecule has 0 heterocycles. The van der Waals surface area contributed by atoms with Crippen molar-refractivity contribution in [3.8, 4) is 0 Å². The van der Waals surface area contributed by atoms with Crippen molar-refractivity contribution < 1.29 is 0 Å². The van der Waals surface area contributed by atoms with Gasteiger partial charge in [-0.25, -0.2) is 0 Å². The maximum Gasteiger partial charge on any atom is 0.0184 e. The number of hydrogen-bond donors (Lipinski definition) is 2. The zero-order valence-electron chi connectivity index (χ0n) is 7.35. The van der Waals surface area contributed by atoms with Gasteiger partial charge >= 0.3 is 0 Å². The lowest BCUT2D eigenvalue weighted by atomic mass is 9.96. The van der Waals surface area contributed by atoms with E-state index in [0.29, 0.717) is 6.04 Å². The van der Waals surface area contributed by atoms with Gasteiger partial charge in [0.1, 0.15) is 0 Å². The summed E-state index contributed by atoms with van der Waals surface area (Å²) in [4.78, 5) is 0. The van der Waals surface area contributed by atoms with Crippen LogP contribution in [0.3, 0.4) is 0 Å². The van der Waals surface area contributed by atoms with Crippen molar-refractivity contribution in [1.82, 2.24) is 5.43 Å². The van der Waals surface area contributed by atoms with Gasteiger partial charge in [0.15, 0.2) is 0 Å². The van der Waals surface area contributed by atoms with Crippen LogP contribution in [-0.2, 0) is 0 Å². The van der Waals surface area contributed by atoms with Crippen molar-refractivity contribution in [2.24, 2.45) is 11.8 Å². The molecule has 1 atom stereocenters. The van der Waals surface area contributed by atoms with Crippen molar-refractivity contribution >= 4 is 0 Å². The summed E-state index contributed by atoms with van der Waals surface area (Å²) in [6.07, 6.45) is 3.73. The van der Waals surface area contributed by atoms with E-state index in [9.17, 15) is 0 Å². The molecule has 0 aromatic carbocycles. The van der Waals surface area contributed by atoms with Gasteiger partial charge in [0, 0.05) is 6.04 Å². The topological polar surface area (TPSA) is 38.0 Å². The third-order valence-corrected chi connectivity index (χ3v) is 2.13. The fourth-order valence-corrected chi connectivity index (χ4v) is 1.19. The smallest absolute Gasteiger partial charge is 0.0184 e. The fraction of sp³-hybridized carbons (Fsp3) is 1.00. The van der Waals surface area contributed by atoms with Crippen LogP contribution < -0.4 is 11.3 Å². The molecule has 10 heavy (non-hydrogen) atoms. The normalized spacial score (nSPS) is 14.1. The number of nitrogens with one attached hydrogen (secondary N) is 1. The molecule has 0 aliphatic carbocycles. The first-order chi connectivity index (χ1) is 4.74. The minimum Gasteiger partial charge on any atom is -0.271 e. The largest absolute Gasteiger partial charge is 0.271 e. The van der Waals surface area contributed by atoms with Crippen molar-refractivity contribution in [2.45, 2.75) is 46.1 Å². The Balaban J connectivity index is 3.41. The second kappa shape index (κ2) is 5.69. The van der Waals surface area contributed by atoms with Gasteiger partial charge in [0.2, 0.25) is 0 Å². The fourth-order valence-electron chi connectivity index (χ4n) is 1.19. The van der Waals surface area contributed by atoms with Crippen LogP contribution in [-0.4, -0.2) is 6.04 Å². The third kappa shape index (κ3) is 3.85. The summed E-state index contributed by atoms with van der Waals surface area (Å²) in [6.45, 7) is 6.59. The molecular weight excluding hydrogens is 124 g/mol. The zero-order valence-corrected chi connectivity index (χ0v) is 7.35. The van der Waals surface area contributed by atoms with Crippen molar-refractivity contribution in [2.75, 3.05) is 0 Å². The van der Waals surface area contributed by atoms with Crippen LogP contribution in [0.25, 0.3) is 0 Å². The Labute approximate surface area is 64.2 Å². The number of nitrogens with two attached hydrogens (primary N) is 1. The summed E-state index contributed by atoms with van der Waals surface area (Å²) >= 11 is 0. The molecule has 0 aliphatic rings. The Kier molecular flexibility index (Phi) is 5.64. The molecule has 0 saturated carbocycles. The molecule has 0 rings (SSSR count). The first-order valence-electron chi connectivity index (χ1n) is 4.20. The van der Waals surface area contributed by atoms with Gasteiger partial charge in [-0.15, -0.1) is 0 Å². The van der Waals surface area contributed by atoms with E-state index in [2.05, 4.69) is 26.2 Å². The molecule has 1 unspecified atom stereocenters. The lowest BCUT2D eigenvalue weighted by Gasteiger charge is -2.16. The molecule has 62 valence electrons. The van der Waals surface area contributed by atoms with Gasteiger partial charge in [0.25, 0.3) is 0 Å². The van der Waals surface area contributed by atoms with Gasteiger partial charge < -0.3 is 0 Å². The lowest BCUT2D eigenvalue weighted by Crippen LogP contribution is -2.33. The summed E-state index contributed by atoms with van der Waals surface area (Å²) in [6, 6.07) is 0.463. The predicted molar refractivity (Wildman–Crippen MR) is 45.5 cm³/mol. The highest BCUT2D eigenvalue weighted by Crippen LogP contribution is 2.13. The average molecular weight is 144 g/mol. The van der Waals surface area contributed by atoms with Crippen molar-refractivity contribution in [1.29, 1.82) is 0 Å². The molecule has 0 spiro atoms. The second-order valence-corrected chi connectivity index (χ2v) is 2.99. The average Bonchev–Trinajstić information content (AvgIpc) is 1.99. The van der Waals surface area contributed by atoms with E-state index in [0.717, 1.165) is 5.92 Å². The van der Waals surface area contributed by atoms with E-state index < -0.39 is 0 Å². The Hall–Kier alpha value is -0.0800. The molecule has 0 radical (unpaired) electrons. The van der Waals surface area contributed by atoms with Gasteiger partial charge in [0.05, 0.1) is 0 Å². The third-order valence-electron chi connectivity index (χ3n) is 2.13. The maximum absolute atomic E-state index is 5.28. The van der Waals surface area contributed by atoms with Crippen LogP contribution >= 0.6 is 0 Å². The maximum atomic E-state index is 5.28. The Bertz CT molecular complexity index is 69.7. The van der Waals surface area contributed by atoms with E-state index in [1.54, 1.807) is 0 Å². The molecular formula is C8H20N2. The molecule has 0 aliphatic heterocycles. The molecule has 3 N–H and O–H groups in total. The van der Waals surface area contributed by atoms with Crippen LogP contribution in [0, 0.1) is 5.92 Å². The minimum atomic E-state index is 0.463. The SMILES string of the molecule is CCC(CC)CC(C)NN. The summed E-state index contributed by atoms with van der Waals surface area (Å²) in [7, 11) is 0. The highest BCUT2D eigenvalue weighted by atomic mass is 15.2. The van der Waals surface area contributed by atoms with E-state index in [1.165, 1.54) is 19.3 Å². The van der Waals surface area contributed by atoms with E-state index >= 15 is 0 Å². The highest BCUT2D eigenvalue weighted by molar-refractivity contribution is 4.62. The standard InChI is InChI=1S/C8H20N2/c1-4-8(5-2)6-7(3)10-9/h7-8,10H,4-6,9H2,1-3H3. The molecule has 0 aromatic rings. The van der Waals surface area contributed by atoms with Crippen LogP contribution in [0.15, 0.2) is 0 Å². The summed E-state index contributed by atoms with van der Waals surface area (Å²) < 4.78 is 0. The van der Waals surface area contributed by atoms with Gasteiger partial charge in [-0.05, 0) is 19.3 Å².